The first-order chi connectivity index (χ1) is 9.19. The van der Waals surface area contributed by atoms with Crippen molar-refractivity contribution in [2.75, 3.05) is 0 Å². The number of thiophene rings is 1. The summed E-state index contributed by atoms with van der Waals surface area (Å²) in [4.78, 5) is 5.75. The van der Waals surface area contributed by atoms with Crippen LogP contribution in [0, 0.1) is 0 Å². The summed E-state index contributed by atoms with van der Waals surface area (Å²) in [6.07, 6.45) is 0. The van der Waals surface area contributed by atoms with Crippen molar-refractivity contribution in [3.05, 3.63) is 50.4 Å². The molecule has 3 rings (SSSR count). The van der Waals surface area contributed by atoms with E-state index in [0.29, 0.717) is 15.9 Å². The van der Waals surface area contributed by atoms with Crippen LogP contribution in [0.4, 0.5) is 0 Å². The van der Waals surface area contributed by atoms with Crippen molar-refractivity contribution in [2.24, 2.45) is 0 Å². The Kier molecular flexibility index (Phi) is 3.72. The number of hydrogen-bond acceptors (Lipinski definition) is 2. The van der Waals surface area contributed by atoms with Gasteiger partial charge in [-0.25, -0.2) is 4.98 Å². The monoisotopic (exact) mass is 330 g/mol. The fraction of sp³-hybridized carbons (Fsp3) is 0.154. The molecule has 0 aliphatic carbocycles. The lowest BCUT2D eigenvalue weighted by atomic mass is 10.3. The fourth-order valence-corrected chi connectivity index (χ4v) is 3.22. The Morgan fingerprint density at radius 3 is 2.68 bits per heavy atom. The van der Waals surface area contributed by atoms with Gasteiger partial charge in [0.05, 0.1) is 33.5 Å². The molecule has 0 saturated carbocycles. The highest BCUT2D eigenvalue weighted by atomic mass is 35.5. The van der Waals surface area contributed by atoms with E-state index in [0.717, 1.165) is 23.4 Å². The molecule has 1 aromatic carbocycles. The molecule has 2 aromatic heterocycles. The second-order valence-corrected chi connectivity index (χ2v) is 6.20. The average Bonchev–Trinajstić information content (AvgIpc) is 3.00. The van der Waals surface area contributed by atoms with Gasteiger partial charge in [0.15, 0.2) is 0 Å². The molecule has 2 nitrogen and oxygen atoms in total. The molecule has 19 heavy (non-hydrogen) atoms. The Labute approximate surface area is 129 Å². The standard InChI is InChI=1S/C13H9Cl3N2S/c14-6-13-17-11-4-9(15)10(16)5-12(11)18(13)7-8-2-1-3-19-8/h1-5H,6-7H2. The van der Waals surface area contributed by atoms with Gasteiger partial charge in [0.1, 0.15) is 5.82 Å². The predicted molar refractivity (Wildman–Crippen MR) is 82.7 cm³/mol. The van der Waals surface area contributed by atoms with Crippen LogP contribution in [0.15, 0.2) is 29.6 Å². The minimum atomic E-state index is 0.356. The van der Waals surface area contributed by atoms with Crippen molar-refractivity contribution in [3.63, 3.8) is 0 Å². The molecule has 0 bridgehead atoms. The summed E-state index contributed by atoms with van der Waals surface area (Å²) >= 11 is 19.8. The summed E-state index contributed by atoms with van der Waals surface area (Å²) in [5, 5.41) is 3.09. The van der Waals surface area contributed by atoms with Gasteiger partial charge in [-0.3, -0.25) is 0 Å². The summed E-state index contributed by atoms with van der Waals surface area (Å²) < 4.78 is 2.08. The molecular weight excluding hydrogens is 323 g/mol. The van der Waals surface area contributed by atoms with E-state index in [-0.39, 0.29) is 0 Å². The zero-order chi connectivity index (χ0) is 13.4. The van der Waals surface area contributed by atoms with Crippen molar-refractivity contribution < 1.29 is 0 Å². The molecule has 2 heterocycles. The number of fused-ring (bicyclic) bond motifs is 1. The highest BCUT2D eigenvalue weighted by Gasteiger charge is 2.13. The maximum atomic E-state index is 6.09. The lowest BCUT2D eigenvalue weighted by Crippen LogP contribution is -2.02. The first-order valence-electron chi connectivity index (χ1n) is 5.61. The Morgan fingerprint density at radius 1 is 1.21 bits per heavy atom. The molecule has 0 saturated heterocycles. The van der Waals surface area contributed by atoms with Crippen molar-refractivity contribution in [3.8, 4) is 0 Å². The van der Waals surface area contributed by atoms with E-state index in [1.54, 1.807) is 17.4 Å². The Morgan fingerprint density at radius 2 is 2.00 bits per heavy atom. The van der Waals surface area contributed by atoms with Crippen molar-refractivity contribution in [1.82, 2.24) is 9.55 Å². The van der Waals surface area contributed by atoms with Crippen LogP contribution < -0.4 is 0 Å². The molecule has 98 valence electrons. The lowest BCUT2D eigenvalue weighted by Gasteiger charge is -2.06. The van der Waals surface area contributed by atoms with Gasteiger partial charge in [-0.05, 0) is 23.6 Å². The van der Waals surface area contributed by atoms with E-state index in [2.05, 4.69) is 21.0 Å². The zero-order valence-electron chi connectivity index (χ0n) is 9.74. The molecule has 0 aliphatic rings. The molecule has 0 unspecified atom stereocenters. The molecule has 0 atom stereocenters. The van der Waals surface area contributed by atoms with Gasteiger partial charge in [0, 0.05) is 4.88 Å². The third kappa shape index (κ3) is 2.48. The number of alkyl halides is 1. The van der Waals surface area contributed by atoms with Gasteiger partial charge >= 0.3 is 0 Å². The quantitative estimate of drug-likeness (QED) is 0.604. The maximum Gasteiger partial charge on any atom is 0.125 e. The molecule has 0 aliphatic heterocycles. The third-order valence-electron chi connectivity index (χ3n) is 2.88. The van der Waals surface area contributed by atoms with Gasteiger partial charge in [-0.15, -0.1) is 22.9 Å². The van der Waals surface area contributed by atoms with E-state index in [1.807, 2.05) is 12.1 Å². The van der Waals surface area contributed by atoms with E-state index in [4.69, 9.17) is 34.8 Å². The SMILES string of the molecule is ClCc1nc2cc(Cl)c(Cl)cc2n1Cc1cccs1. The number of hydrogen-bond donors (Lipinski definition) is 0. The summed E-state index contributed by atoms with van der Waals surface area (Å²) in [5.41, 5.74) is 1.78. The lowest BCUT2D eigenvalue weighted by molar-refractivity contribution is 0.789. The molecule has 0 radical (unpaired) electrons. The summed E-state index contributed by atoms with van der Waals surface area (Å²) in [5.74, 6) is 1.18. The van der Waals surface area contributed by atoms with E-state index >= 15 is 0 Å². The predicted octanol–water partition coefficient (Wildman–Crippen LogP) is 5.19. The van der Waals surface area contributed by atoms with E-state index in [9.17, 15) is 0 Å². The molecule has 0 amide bonds. The normalized spacial score (nSPS) is 11.3. The number of imidazole rings is 1. The van der Waals surface area contributed by atoms with Crippen LogP contribution in [0.5, 0.6) is 0 Å². The van der Waals surface area contributed by atoms with Crippen LogP contribution in [-0.4, -0.2) is 9.55 Å². The Bertz CT molecular complexity index is 719. The molecule has 3 aromatic rings. The highest BCUT2D eigenvalue weighted by Crippen LogP contribution is 2.29. The number of benzene rings is 1. The van der Waals surface area contributed by atoms with E-state index < -0.39 is 0 Å². The highest BCUT2D eigenvalue weighted by molar-refractivity contribution is 7.09. The van der Waals surface area contributed by atoms with Crippen LogP contribution in [0.2, 0.25) is 10.0 Å². The van der Waals surface area contributed by atoms with Gasteiger partial charge in [0.2, 0.25) is 0 Å². The van der Waals surface area contributed by atoms with Crippen LogP contribution in [0.3, 0.4) is 0 Å². The first-order valence-corrected chi connectivity index (χ1v) is 7.78. The summed E-state index contributed by atoms with van der Waals surface area (Å²) in [6.45, 7) is 0.744. The van der Waals surface area contributed by atoms with Crippen LogP contribution in [-0.2, 0) is 12.4 Å². The third-order valence-corrected chi connectivity index (χ3v) is 4.71. The number of halogens is 3. The smallest absolute Gasteiger partial charge is 0.125 e. The van der Waals surface area contributed by atoms with Crippen LogP contribution >= 0.6 is 46.1 Å². The fourth-order valence-electron chi connectivity index (χ4n) is 2.01. The average molecular weight is 332 g/mol. The molecule has 0 fully saturated rings. The Hall–Kier alpha value is -0.740. The van der Waals surface area contributed by atoms with Crippen molar-refractivity contribution in [1.29, 1.82) is 0 Å². The molecule has 0 spiro atoms. The Balaban J connectivity index is 2.17. The van der Waals surface area contributed by atoms with Crippen LogP contribution in [0.25, 0.3) is 11.0 Å². The topological polar surface area (TPSA) is 17.8 Å². The minimum absolute atomic E-state index is 0.356. The van der Waals surface area contributed by atoms with Gasteiger partial charge in [-0.1, -0.05) is 29.3 Å². The number of nitrogens with zero attached hydrogens (tertiary/aromatic N) is 2. The minimum Gasteiger partial charge on any atom is -0.322 e. The molecule has 6 heteroatoms. The summed E-state index contributed by atoms with van der Waals surface area (Å²) in [6, 6.07) is 7.74. The van der Waals surface area contributed by atoms with Gasteiger partial charge < -0.3 is 4.57 Å². The van der Waals surface area contributed by atoms with Gasteiger partial charge in [-0.2, -0.15) is 0 Å². The largest absolute Gasteiger partial charge is 0.322 e. The van der Waals surface area contributed by atoms with E-state index in [1.165, 1.54) is 4.88 Å². The molecular formula is C13H9Cl3N2S. The second kappa shape index (κ2) is 5.33. The summed E-state index contributed by atoms with van der Waals surface area (Å²) in [7, 11) is 0. The van der Waals surface area contributed by atoms with Crippen LogP contribution in [0.1, 0.15) is 10.7 Å². The van der Waals surface area contributed by atoms with Crippen molar-refractivity contribution in [2.45, 2.75) is 12.4 Å². The molecule has 0 N–H and O–H groups in total. The zero-order valence-corrected chi connectivity index (χ0v) is 12.8. The number of aromatic nitrogens is 2. The number of rotatable bonds is 3. The maximum absolute atomic E-state index is 6.09. The first kappa shape index (κ1) is 13.3. The van der Waals surface area contributed by atoms with Gasteiger partial charge in [0.25, 0.3) is 0 Å². The van der Waals surface area contributed by atoms with Crippen molar-refractivity contribution >= 4 is 57.2 Å². The second-order valence-electron chi connectivity index (χ2n) is 4.08.